The van der Waals surface area contributed by atoms with Gasteiger partial charge in [0.15, 0.2) is 17.6 Å². The molecule has 152 valence electrons. The molecule has 2 aliphatic carbocycles. The van der Waals surface area contributed by atoms with E-state index in [-0.39, 0.29) is 24.5 Å². The molecule has 2 fully saturated rings. The number of aliphatic hydroxyl groups excluding tert-OH is 2. The van der Waals surface area contributed by atoms with Gasteiger partial charge >= 0.3 is 8.03 Å². The maximum Gasteiger partial charge on any atom is 0.508 e. The van der Waals surface area contributed by atoms with Crippen molar-refractivity contribution < 1.29 is 23.9 Å². The number of imidazole rings is 1. The number of rotatable bonds is 8. The lowest BCUT2D eigenvalue weighted by Crippen LogP contribution is -2.35. The minimum Gasteiger partial charge on any atom is -0.390 e. The Hall–Kier alpha value is -1.01. The fourth-order valence-corrected chi connectivity index (χ4v) is 6.51. The first kappa shape index (κ1) is 20.3. The van der Waals surface area contributed by atoms with Crippen molar-refractivity contribution in [2.24, 2.45) is 11.3 Å². The molecule has 13 heteroatoms. The summed E-state index contributed by atoms with van der Waals surface area (Å²) in [7, 11) is -0.776. The highest BCUT2D eigenvalue weighted by Gasteiger charge is 2.74. The first-order valence-corrected chi connectivity index (χ1v) is 12.4. The van der Waals surface area contributed by atoms with Crippen LogP contribution in [0.5, 0.6) is 0 Å². The van der Waals surface area contributed by atoms with Crippen molar-refractivity contribution >= 4 is 46.9 Å². The number of aryl methyl sites for hydroxylation is 1. The summed E-state index contributed by atoms with van der Waals surface area (Å²) < 4.78 is 28.1. The number of aliphatic hydroxyl groups is 2. The molecule has 2 aromatic rings. The van der Waals surface area contributed by atoms with Gasteiger partial charge in [0, 0.05) is 5.75 Å². The van der Waals surface area contributed by atoms with Crippen molar-refractivity contribution in [1.29, 1.82) is 0 Å². The minimum atomic E-state index is -1.98. The molecular weight excluding hydrogens is 425 g/mol. The number of anilines is 1. The van der Waals surface area contributed by atoms with E-state index in [1.54, 1.807) is 17.8 Å². The Labute approximate surface area is 169 Å². The van der Waals surface area contributed by atoms with Gasteiger partial charge in [-0.05, 0) is 23.8 Å². The van der Waals surface area contributed by atoms with Gasteiger partial charge in [-0.25, -0.2) is 15.0 Å². The van der Waals surface area contributed by atoms with Crippen LogP contribution in [0.25, 0.3) is 11.2 Å². The normalized spacial score (nSPS) is 31.9. The van der Waals surface area contributed by atoms with Crippen LogP contribution < -0.4 is 5.73 Å². The molecule has 28 heavy (non-hydrogen) atoms. The molecule has 4 rings (SSSR count). The zero-order chi connectivity index (χ0) is 20.1. The highest BCUT2D eigenvalue weighted by atomic mass is 33.1. The number of nitrogen functional groups attached to an aromatic ring is 1. The van der Waals surface area contributed by atoms with E-state index in [2.05, 4.69) is 15.0 Å². The maximum atomic E-state index is 12.3. The lowest BCUT2D eigenvalue weighted by Gasteiger charge is -2.23. The number of hydrogen-bond donors (Lipinski definition) is 4. The lowest BCUT2D eigenvalue weighted by molar-refractivity contribution is -0.0132. The van der Waals surface area contributed by atoms with E-state index < -0.39 is 31.7 Å². The van der Waals surface area contributed by atoms with Crippen molar-refractivity contribution in [3.05, 3.63) is 12.2 Å². The highest BCUT2D eigenvalue weighted by molar-refractivity contribution is 8.74. The van der Waals surface area contributed by atoms with E-state index in [0.717, 1.165) is 0 Å². The molecule has 2 aromatic heterocycles. The van der Waals surface area contributed by atoms with Crippen LogP contribution in [0.15, 0.2) is 6.33 Å². The Morgan fingerprint density at radius 1 is 1.46 bits per heavy atom. The molecule has 0 aromatic carbocycles. The third-order valence-corrected chi connectivity index (χ3v) is 8.18. The Morgan fingerprint density at radius 2 is 2.25 bits per heavy atom. The average molecular weight is 446 g/mol. The van der Waals surface area contributed by atoms with E-state index in [4.69, 9.17) is 14.8 Å². The minimum absolute atomic E-state index is 0.0590. The molecule has 0 radical (unpaired) electrons. The largest absolute Gasteiger partial charge is 0.508 e. The topological polar surface area (TPSA) is 157 Å². The SMILES string of the molecule is Cc1nc(N)c2ncn([C@H]3[C@H](O)[C@H](O)[C@@]4(C[P+](=O)OCCSSO)C[C@H]34)c2n1. The number of nitrogens with two attached hydrogens (primary N) is 1. The van der Waals surface area contributed by atoms with Crippen molar-refractivity contribution in [2.75, 3.05) is 24.3 Å². The first-order valence-electron chi connectivity index (χ1n) is 8.72. The molecule has 2 heterocycles. The van der Waals surface area contributed by atoms with Gasteiger partial charge in [0.2, 0.25) is 0 Å². The number of aromatic nitrogens is 4. The third-order valence-electron chi connectivity index (χ3n) is 5.61. The molecule has 0 bridgehead atoms. The summed E-state index contributed by atoms with van der Waals surface area (Å²) in [6, 6.07) is -0.432. The van der Waals surface area contributed by atoms with Crippen LogP contribution in [0, 0.1) is 18.3 Å². The van der Waals surface area contributed by atoms with Gasteiger partial charge in [0.05, 0.1) is 35.0 Å². The van der Waals surface area contributed by atoms with Crippen molar-refractivity contribution in [3.8, 4) is 0 Å². The second-order valence-corrected chi connectivity index (χ2v) is 10.4. The van der Waals surface area contributed by atoms with Crippen LogP contribution in [0.1, 0.15) is 18.3 Å². The monoisotopic (exact) mass is 446 g/mol. The molecule has 0 spiro atoms. The third kappa shape index (κ3) is 3.30. The van der Waals surface area contributed by atoms with Gasteiger partial charge in [-0.1, -0.05) is 10.8 Å². The van der Waals surface area contributed by atoms with Gasteiger partial charge in [0.25, 0.3) is 0 Å². The van der Waals surface area contributed by atoms with Crippen molar-refractivity contribution in [2.45, 2.75) is 31.6 Å². The van der Waals surface area contributed by atoms with E-state index in [1.807, 2.05) is 0 Å². The van der Waals surface area contributed by atoms with Gasteiger partial charge in [0.1, 0.15) is 24.1 Å². The van der Waals surface area contributed by atoms with Crippen LogP contribution in [0.2, 0.25) is 0 Å². The zero-order valence-corrected chi connectivity index (χ0v) is 17.5. The van der Waals surface area contributed by atoms with Crippen LogP contribution in [0.4, 0.5) is 5.82 Å². The molecule has 1 unspecified atom stereocenters. The molecule has 0 amide bonds. The molecule has 0 aliphatic heterocycles. The van der Waals surface area contributed by atoms with Gasteiger partial charge in [-0.3, -0.25) is 0 Å². The standard InChI is InChI=1S/C15H20N5O5PS2/c1-7-18-13(16)9-14(19-7)20(6-17-9)10-8-4-15(8,12(22)11(10)21)5-26(23)25-2-3-27-28-24/h6,8,10-12,21-22H,2-5H2,1H3,(H2-,16,18,19,24)/p+1/t8-,10-,11+,12+,15-/m1/s1. The molecule has 5 N–H and O–H groups in total. The number of fused-ring (bicyclic) bond motifs is 2. The second kappa shape index (κ2) is 7.67. The van der Waals surface area contributed by atoms with Gasteiger partial charge < -0.3 is 25.1 Å². The summed E-state index contributed by atoms with van der Waals surface area (Å²) in [5.41, 5.74) is 6.26. The summed E-state index contributed by atoms with van der Waals surface area (Å²) in [6.45, 7) is 1.97. The van der Waals surface area contributed by atoms with Crippen LogP contribution in [-0.2, 0) is 9.09 Å². The van der Waals surface area contributed by atoms with Crippen LogP contribution >= 0.6 is 29.9 Å². The quantitative estimate of drug-likeness (QED) is 0.202. The first-order chi connectivity index (χ1) is 13.4. The fourth-order valence-electron chi connectivity index (χ4n) is 4.32. The van der Waals surface area contributed by atoms with E-state index in [1.165, 1.54) is 10.8 Å². The van der Waals surface area contributed by atoms with Gasteiger partial charge in [-0.15, -0.1) is 4.52 Å². The Kier molecular flexibility index (Phi) is 5.56. The Bertz CT molecular complexity index is 916. The highest BCUT2D eigenvalue weighted by Crippen LogP contribution is 2.70. The summed E-state index contributed by atoms with van der Waals surface area (Å²) >= 11 is 0.637. The van der Waals surface area contributed by atoms with E-state index >= 15 is 0 Å². The van der Waals surface area contributed by atoms with Crippen molar-refractivity contribution in [1.82, 2.24) is 19.5 Å². The van der Waals surface area contributed by atoms with Gasteiger partial charge in [-0.2, -0.15) is 0 Å². The summed E-state index contributed by atoms with van der Waals surface area (Å²) in [4.78, 5) is 12.8. The molecule has 2 aliphatic rings. The predicted molar refractivity (Wildman–Crippen MR) is 107 cm³/mol. The average Bonchev–Trinajstić information content (AvgIpc) is 3.12. The molecular formula is C15H21N5O5PS2+. The van der Waals surface area contributed by atoms with Crippen LogP contribution in [-0.4, -0.2) is 65.0 Å². The molecule has 10 nitrogen and oxygen atoms in total. The summed E-state index contributed by atoms with van der Waals surface area (Å²) in [6.07, 6.45) is 0.342. The van der Waals surface area contributed by atoms with E-state index in [9.17, 15) is 14.8 Å². The Balaban J connectivity index is 1.54. The maximum absolute atomic E-state index is 12.3. The molecule has 6 atom stereocenters. The Morgan fingerprint density at radius 3 is 3.00 bits per heavy atom. The summed E-state index contributed by atoms with van der Waals surface area (Å²) in [5, 5.41) is 21.4. The smallest absolute Gasteiger partial charge is 0.390 e. The van der Waals surface area contributed by atoms with Crippen molar-refractivity contribution in [3.63, 3.8) is 0 Å². The molecule has 2 saturated carbocycles. The lowest BCUT2D eigenvalue weighted by atomic mass is 10.0. The summed E-state index contributed by atoms with van der Waals surface area (Å²) in [5.74, 6) is 1.22. The predicted octanol–water partition coefficient (Wildman–Crippen LogP) is 1.61. The van der Waals surface area contributed by atoms with E-state index in [0.29, 0.717) is 40.2 Å². The molecule has 0 saturated heterocycles. The number of nitrogens with zero attached hydrogens (tertiary/aromatic N) is 4. The van der Waals surface area contributed by atoms with Crippen LogP contribution in [0.3, 0.4) is 0 Å². The fraction of sp³-hybridized carbons (Fsp3) is 0.667. The number of hydrogen-bond acceptors (Lipinski definition) is 11. The second-order valence-electron chi connectivity index (χ2n) is 7.17. The zero-order valence-electron chi connectivity index (χ0n) is 15.0.